The molecule has 0 fully saturated rings. The van der Waals surface area contributed by atoms with Crippen molar-refractivity contribution >= 4 is 5.78 Å². The highest BCUT2D eigenvalue weighted by Crippen LogP contribution is 2.06. The summed E-state index contributed by atoms with van der Waals surface area (Å²) in [5, 5.41) is 4.27. The first-order valence-corrected chi connectivity index (χ1v) is 5.32. The summed E-state index contributed by atoms with van der Waals surface area (Å²) in [5.41, 5.74) is 7.51. The summed E-state index contributed by atoms with van der Waals surface area (Å²) < 4.78 is 1.72. The highest BCUT2D eigenvalue weighted by atomic mass is 16.1. The molecule has 0 spiro atoms. The zero-order valence-corrected chi connectivity index (χ0v) is 9.73. The molecule has 0 aromatic carbocycles. The van der Waals surface area contributed by atoms with Crippen molar-refractivity contribution in [2.75, 3.05) is 0 Å². The number of carbonyl (C=O) groups excluding carboxylic acids is 1. The van der Waals surface area contributed by atoms with Gasteiger partial charge in [-0.25, -0.2) is 0 Å². The van der Waals surface area contributed by atoms with Crippen LogP contribution in [0, 0.1) is 12.3 Å². The maximum atomic E-state index is 11.7. The standard InChI is InChI=1S/C12H17N3O/c1-4-6-11(13)12(16)8-10-7-9(5-2)14-15(10)3/h1,7,11H,5-6,8,13H2,2-3H3. The van der Waals surface area contributed by atoms with Gasteiger partial charge in [-0.05, 0) is 12.5 Å². The number of hydrogen-bond acceptors (Lipinski definition) is 3. The number of nitrogens with two attached hydrogens (primary N) is 1. The quantitative estimate of drug-likeness (QED) is 0.731. The highest BCUT2D eigenvalue weighted by Gasteiger charge is 2.15. The zero-order chi connectivity index (χ0) is 12.1. The third kappa shape index (κ3) is 2.94. The number of rotatable bonds is 5. The molecule has 1 aromatic heterocycles. The van der Waals surface area contributed by atoms with E-state index in [1.165, 1.54) is 0 Å². The predicted octanol–water partition coefficient (Wildman–Crippen LogP) is 0.445. The monoisotopic (exact) mass is 219 g/mol. The van der Waals surface area contributed by atoms with Crippen LogP contribution in [0.4, 0.5) is 0 Å². The van der Waals surface area contributed by atoms with E-state index in [1.54, 1.807) is 4.68 Å². The Morgan fingerprint density at radius 1 is 1.75 bits per heavy atom. The zero-order valence-electron chi connectivity index (χ0n) is 9.73. The van der Waals surface area contributed by atoms with Crippen LogP contribution in [0.3, 0.4) is 0 Å². The Morgan fingerprint density at radius 3 is 2.94 bits per heavy atom. The van der Waals surface area contributed by atoms with Crippen molar-refractivity contribution in [2.45, 2.75) is 32.2 Å². The number of terminal acetylenes is 1. The third-order valence-electron chi connectivity index (χ3n) is 2.50. The molecule has 0 saturated carbocycles. The highest BCUT2D eigenvalue weighted by molar-refractivity contribution is 5.85. The molecule has 16 heavy (non-hydrogen) atoms. The molecule has 0 amide bonds. The Balaban J connectivity index is 2.69. The maximum Gasteiger partial charge on any atom is 0.156 e. The molecule has 1 atom stereocenters. The molecule has 1 heterocycles. The second-order valence-electron chi connectivity index (χ2n) is 3.76. The van der Waals surface area contributed by atoms with Gasteiger partial charge in [0.2, 0.25) is 0 Å². The smallest absolute Gasteiger partial charge is 0.156 e. The predicted molar refractivity (Wildman–Crippen MR) is 62.7 cm³/mol. The molecule has 1 rings (SSSR count). The molecule has 2 N–H and O–H groups in total. The molecule has 0 bridgehead atoms. The van der Waals surface area contributed by atoms with Crippen molar-refractivity contribution < 1.29 is 4.79 Å². The van der Waals surface area contributed by atoms with E-state index in [-0.39, 0.29) is 12.2 Å². The van der Waals surface area contributed by atoms with E-state index in [0.29, 0.717) is 6.42 Å². The van der Waals surface area contributed by atoms with Gasteiger partial charge in [0.15, 0.2) is 5.78 Å². The van der Waals surface area contributed by atoms with Gasteiger partial charge in [0.25, 0.3) is 0 Å². The van der Waals surface area contributed by atoms with E-state index in [1.807, 2.05) is 20.0 Å². The van der Waals surface area contributed by atoms with E-state index in [0.717, 1.165) is 17.8 Å². The minimum Gasteiger partial charge on any atom is -0.321 e. The normalized spacial score (nSPS) is 12.1. The van der Waals surface area contributed by atoms with Crippen molar-refractivity contribution in [1.82, 2.24) is 9.78 Å². The molecule has 1 unspecified atom stereocenters. The third-order valence-corrected chi connectivity index (χ3v) is 2.50. The Bertz CT molecular complexity index is 414. The van der Waals surface area contributed by atoms with Crippen LogP contribution in [-0.2, 0) is 24.7 Å². The molecular weight excluding hydrogens is 202 g/mol. The molecule has 4 heteroatoms. The fourth-order valence-corrected chi connectivity index (χ4v) is 1.46. The number of ketones is 1. The summed E-state index contributed by atoms with van der Waals surface area (Å²) in [6, 6.07) is 1.37. The molecule has 0 radical (unpaired) electrons. The van der Waals surface area contributed by atoms with Crippen LogP contribution >= 0.6 is 0 Å². The Hall–Kier alpha value is -1.60. The maximum absolute atomic E-state index is 11.7. The van der Waals surface area contributed by atoms with Gasteiger partial charge in [-0.15, -0.1) is 12.3 Å². The van der Waals surface area contributed by atoms with Crippen molar-refractivity contribution in [3.63, 3.8) is 0 Å². The van der Waals surface area contributed by atoms with Crippen LogP contribution in [0.5, 0.6) is 0 Å². The minimum atomic E-state index is -0.565. The van der Waals surface area contributed by atoms with Crippen LogP contribution in [0.15, 0.2) is 6.07 Å². The van der Waals surface area contributed by atoms with E-state index in [9.17, 15) is 4.79 Å². The Labute approximate surface area is 95.8 Å². The van der Waals surface area contributed by atoms with Crippen LogP contribution < -0.4 is 5.73 Å². The second-order valence-corrected chi connectivity index (χ2v) is 3.76. The SMILES string of the molecule is C#CCC(N)C(=O)Cc1cc(CC)nn1C. The minimum absolute atomic E-state index is 0.0383. The fourth-order valence-electron chi connectivity index (χ4n) is 1.46. The van der Waals surface area contributed by atoms with Gasteiger partial charge in [-0.2, -0.15) is 5.10 Å². The van der Waals surface area contributed by atoms with Crippen LogP contribution in [0.25, 0.3) is 0 Å². The number of hydrogen-bond donors (Lipinski definition) is 1. The Morgan fingerprint density at radius 2 is 2.44 bits per heavy atom. The van der Waals surface area contributed by atoms with Gasteiger partial charge < -0.3 is 5.73 Å². The van der Waals surface area contributed by atoms with Crippen molar-refractivity contribution in [3.8, 4) is 12.3 Å². The largest absolute Gasteiger partial charge is 0.321 e. The summed E-state index contributed by atoms with van der Waals surface area (Å²) in [6.45, 7) is 2.03. The average molecular weight is 219 g/mol. The van der Waals surface area contributed by atoms with E-state index in [2.05, 4.69) is 11.0 Å². The molecule has 1 aromatic rings. The topological polar surface area (TPSA) is 60.9 Å². The van der Waals surface area contributed by atoms with Gasteiger partial charge in [0.1, 0.15) is 0 Å². The number of Topliss-reactive ketones (excluding diaryl/α,β-unsaturated/α-hetero) is 1. The molecule has 0 aliphatic carbocycles. The number of nitrogens with zero attached hydrogens (tertiary/aromatic N) is 2. The lowest BCUT2D eigenvalue weighted by molar-refractivity contribution is -0.119. The summed E-state index contributed by atoms with van der Waals surface area (Å²) in [6.07, 6.45) is 6.56. The lowest BCUT2D eigenvalue weighted by Crippen LogP contribution is -2.31. The van der Waals surface area contributed by atoms with Crippen molar-refractivity contribution in [3.05, 3.63) is 17.5 Å². The second kappa shape index (κ2) is 5.47. The van der Waals surface area contributed by atoms with Gasteiger partial charge >= 0.3 is 0 Å². The average Bonchev–Trinajstić information content (AvgIpc) is 2.60. The van der Waals surface area contributed by atoms with Crippen LogP contribution in [0.1, 0.15) is 24.7 Å². The number of aromatic nitrogens is 2. The fraction of sp³-hybridized carbons (Fsp3) is 0.500. The van der Waals surface area contributed by atoms with Gasteiger partial charge in [-0.3, -0.25) is 9.48 Å². The summed E-state index contributed by atoms with van der Waals surface area (Å²) in [5.74, 6) is 2.36. The number of carbonyl (C=O) groups is 1. The first-order valence-electron chi connectivity index (χ1n) is 5.32. The molecular formula is C12H17N3O. The van der Waals surface area contributed by atoms with Gasteiger partial charge in [0, 0.05) is 19.2 Å². The number of aryl methyl sites for hydroxylation is 2. The van der Waals surface area contributed by atoms with E-state index >= 15 is 0 Å². The summed E-state index contributed by atoms with van der Waals surface area (Å²) in [4.78, 5) is 11.7. The molecule has 0 aliphatic heterocycles. The lowest BCUT2D eigenvalue weighted by atomic mass is 10.1. The molecule has 0 saturated heterocycles. The molecule has 0 aliphatic rings. The summed E-state index contributed by atoms with van der Waals surface area (Å²) in [7, 11) is 1.83. The summed E-state index contributed by atoms with van der Waals surface area (Å²) >= 11 is 0. The van der Waals surface area contributed by atoms with Crippen LogP contribution in [0.2, 0.25) is 0 Å². The molecule has 4 nitrogen and oxygen atoms in total. The van der Waals surface area contributed by atoms with Gasteiger partial charge in [0.05, 0.1) is 18.2 Å². The molecule has 86 valence electrons. The first kappa shape index (κ1) is 12.5. The lowest BCUT2D eigenvalue weighted by Gasteiger charge is -2.06. The Kier molecular flexibility index (Phi) is 4.27. The van der Waals surface area contributed by atoms with E-state index in [4.69, 9.17) is 12.2 Å². The van der Waals surface area contributed by atoms with Crippen LogP contribution in [-0.4, -0.2) is 21.6 Å². The van der Waals surface area contributed by atoms with Gasteiger partial charge in [-0.1, -0.05) is 6.92 Å². The first-order chi connectivity index (χ1) is 7.58. The van der Waals surface area contributed by atoms with E-state index < -0.39 is 6.04 Å². The van der Waals surface area contributed by atoms with Crippen molar-refractivity contribution in [1.29, 1.82) is 0 Å². The van der Waals surface area contributed by atoms with Crippen molar-refractivity contribution in [2.24, 2.45) is 12.8 Å².